The molecular weight excluding hydrogens is 492 g/mol. The summed E-state index contributed by atoms with van der Waals surface area (Å²) in [4.78, 5) is 16.0. The van der Waals surface area contributed by atoms with Crippen molar-refractivity contribution in [3.8, 4) is 6.07 Å². The van der Waals surface area contributed by atoms with Gasteiger partial charge in [0.1, 0.15) is 10.7 Å². The molecule has 5 heterocycles. The molecule has 11 heteroatoms. The number of halogens is 1. The van der Waals surface area contributed by atoms with Gasteiger partial charge < -0.3 is 9.45 Å². The van der Waals surface area contributed by atoms with Crippen molar-refractivity contribution in [1.29, 1.82) is 5.26 Å². The van der Waals surface area contributed by atoms with Crippen molar-refractivity contribution in [3.63, 3.8) is 0 Å². The van der Waals surface area contributed by atoms with Crippen molar-refractivity contribution in [1.82, 2.24) is 29.9 Å². The topological polar surface area (TPSA) is 129 Å². The molecule has 0 bridgehead atoms. The normalized spacial score (nSPS) is 25.2. The number of aromatic nitrogens is 5. The third-order valence-electron chi connectivity index (χ3n) is 7.34. The fourth-order valence-electron chi connectivity index (χ4n) is 5.51. The van der Waals surface area contributed by atoms with E-state index in [-0.39, 0.29) is 11.5 Å². The number of H-pyrrole nitrogens is 1. The van der Waals surface area contributed by atoms with Crippen LogP contribution in [0.4, 0.5) is 5.95 Å². The van der Waals surface area contributed by atoms with Gasteiger partial charge in [-0.05, 0) is 55.1 Å². The van der Waals surface area contributed by atoms with Crippen LogP contribution in [0.1, 0.15) is 55.2 Å². The molecule has 3 aromatic rings. The molecule has 1 aliphatic carbocycles. The van der Waals surface area contributed by atoms with Crippen molar-refractivity contribution in [3.05, 3.63) is 39.4 Å². The van der Waals surface area contributed by atoms with Gasteiger partial charge in [0.2, 0.25) is 5.95 Å². The Balaban J connectivity index is 1.31. The fourth-order valence-corrected chi connectivity index (χ4v) is 7.23. The van der Waals surface area contributed by atoms with Crippen LogP contribution in [0, 0.1) is 16.7 Å². The van der Waals surface area contributed by atoms with E-state index in [1.165, 1.54) is 5.56 Å². The first-order chi connectivity index (χ1) is 15.3. The number of pyridine rings is 1. The molecule has 0 unspecified atom stereocenters. The SMILES string of the molecule is CC1(C)c2ccnc3c2[C@@H](N[S@+]1[O-])C1(CCN(c2nc(C#N)c4c(Br)n[nH]c4n2)CC1)C3. The first kappa shape index (κ1) is 20.4. The number of rotatable bonds is 1. The predicted molar refractivity (Wildman–Crippen MR) is 123 cm³/mol. The highest BCUT2D eigenvalue weighted by Crippen LogP contribution is 2.57. The molecule has 1 saturated heterocycles. The highest BCUT2D eigenvalue weighted by Gasteiger charge is 2.57. The smallest absolute Gasteiger partial charge is 0.228 e. The third kappa shape index (κ3) is 2.70. The van der Waals surface area contributed by atoms with E-state index in [1.807, 2.05) is 26.1 Å². The molecule has 3 aromatic heterocycles. The van der Waals surface area contributed by atoms with Gasteiger partial charge in [-0.2, -0.15) is 15.3 Å². The molecule has 1 spiro atoms. The van der Waals surface area contributed by atoms with Crippen LogP contribution in [-0.4, -0.2) is 42.8 Å². The zero-order chi connectivity index (χ0) is 22.3. The fraction of sp³-hybridized carbons (Fsp3) is 0.476. The van der Waals surface area contributed by atoms with E-state index in [0.29, 0.717) is 27.3 Å². The summed E-state index contributed by atoms with van der Waals surface area (Å²) in [7, 11) is 0. The lowest BCUT2D eigenvalue weighted by Gasteiger charge is -2.46. The largest absolute Gasteiger partial charge is 0.597 e. The molecule has 0 saturated carbocycles. The number of nitrogens with one attached hydrogen (secondary N) is 2. The van der Waals surface area contributed by atoms with Gasteiger partial charge in [-0.3, -0.25) is 10.1 Å². The number of hydrogen-bond donors (Lipinski definition) is 2. The van der Waals surface area contributed by atoms with Crippen molar-refractivity contribution < 1.29 is 4.55 Å². The van der Waals surface area contributed by atoms with Crippen molar-refractivity contribution in [2.45, 2.75) is 43.9 Å². The Bertz CT molecular complexity index is 1290. The lowest BCUT2D eigenvalue weighted by atomic mass is 9.72. The Morgan fingerprint density at radius 2 is 2.09 bits per heavy atom. The molecular formula is C21H21BrN8OS. The van der Waals surface area contributed by atoms with Gasteiger partial charge in [-0.25, -0.2) is 4.98 Å². The van der Waals surface area contributed by atoms with Crippen LogP contribution in [0.25, 0.3) is 11.0 Å². The minimum absolute atomic E-state index is 0.0345. The minimum atomic E-state index is -1.17. The van der Waals surface area contributed by atoms with Gasteiger partial charge in [0.05, 0.1) is 11.4 Å². The van der Waals surface area contributed by atoms with Gasteiger partial charge in [0.15, 0.2) is 16.1 Å². The Kier molecular flexibility index (Phi) is 4.37. The van der Waals surface area contributed by atoms with Gasteiger partial charge in [-0.1, -0.05) is 0 Å². The Morgan fingerprint density at radius 3 is 2.84 bits per heavy atom. The summed E-state index contributed by atoms with van der Waals surface area (Å²) in [6.07, 6.45) is 4.53. The van der Waals surface area contributed by atoms with Crippen LogP contribution in [-0.2, 0) is 22.5 Å². The van der Waals surface area contributed by atoms with E-state index < -0.39 is 16.1 Å². The highest BCUT2D eigenvalue weighted by atomic mass is 79.9. The molecule has 2 aliphatic heterocycles. The van der Waals surface area contributed by atoms with Crippen molar-refractivity contribution in [2.75, 3.05) is 18.0 Å². The van der Waals surface area contributed by atoms with E-state index in [9.17, 15) is 9.81 Å². The van der Waals surface area contributed by atoms with Crippen LogP contribution in [0.3, 0.4) is 0 Å². The number of anilines is 1. The first-order valence-corrected chi connectivity index (χ1v) is 12.5. The summed E-state index contributed by atoms with van der Waals surface area (Å²) < 4.78 is 16.6. The highest BCUT2D eigenvalue weighted by molar-refractivity contribution is 9.10. The average molecular weight is 513 g/mol. The van der Waals surface area contributed by atoms with Crippen LogP contribution >= 0.6 is 15.9 Å². The minimum Gasteiger partial charge on any atom is -0.597 e. The Morgan fingerprint density at radius 1 is 1.31 bits per heavy atom. The molecule has 32 heavy (non-hydrogen) atoms. The molecule has 0 aromatic carbocycles. The number of hydrogen-bond acceptors (Lipinski definition) is 8. The molecule has 0 radical (unpaired) electrons. The lowest BCUT2D eigenvalue weighted by Crippen LogP contribution is -2.53. The van der Waals surface area contributed by atoms with Crippen LogP contribution < -0.4 is 9.62 Å². The number of nitriles is 1. The second kappa shape index (κ2) is 6.87. The van der Waals surface area contributed by atoms with Gasteiger partial charge in [0.25, 0.3) is 0 Å². The Hall–Kier alpha value is -2.26. The number of piperidine rings is 1. The summed E-state index contributed by atoms with van der Waals surface area (Å²) in [5.41, 5.74) is 4.35. The van der Waals surface area contributed by atoms with E-state index in [4.69, 9.17) is 4.98 Å². The average Bonchev–Trinajstić information content (AvgIpc) is 3.31. The molecule has 2 atom stereocenters. The maximum absolute atomic E-state index is 13.1. The van der Waals surface area contributed by atoms with Gasteiger partial charge >= 0.3 is 0 Å². The third-order valence-corrected chi connectivity index (χ3v) is 9.51. The second-order valence-corrected chi connectivity index (χ2v) is 11.8. The molecule has 2 N–H and O–H groups in total. The maximum atomic E-state index is 13.1. The van der Waals surface area contributed by atoms with E-state index >= 15 is 0 Å². The summed E-state index contributed by atoms with van der Waals surface area (Å²) in [6, 6.07) is 4.24. The first-order valence-electron chi connectivity index (χ1n) is 10.6. The number of aromatic amines is 1. The summed E-state index contributed by atoms with van der Waals surface area (Å²) in [5.74, 6) is 0.538. The van der Waals surface area contributed by atoms with Gasteiger partial charge in [0, 0.05) is 52.9 Å². The van der Waals surface area contributed by atoms with Crippen molar-refractivity contribution >= 4 is 44.3 Å². The standard InChI is InChI=1S/C21H21BrN8OS/c1-20(2)11-3-6-24-12-9-21(16(14(11)12)29-32(20)31)4-7-30(8-5-21)19-25-13(10-23)15-17(22)27-28-18(15)26-19/h3,6,16,29H,4-5,7-9H2,1-2H3,(H,25,26,27,28)/t16-,32-/m1/s1. The molecule has 0 amide bonds. The maximum Gasteiger partial charge on any atom is 0.228 e. The summed E-state index contributed by atoms with van der Waals surface area (Å²) >= 11 is 2.18. The molecule has 9 nitrogen and oxygen atoms in total. The van der Waals surface area contributed by atoms with E-state index in [1.54, 1.807) is 0 Å². The molecule has 1 fully saturated rings. The second-order valence-electron chi connectivity index (χ2n) is 9.30. The quantitative estimate of drug-likeness (QED) is 0.476. The lowest BCUT2D eigenvalue weighted by molar-refractivity contribution is 0.172. The van der Waals surface area contributed by atoms with E-state index in [2.05, 4.69) is 51.8 Å². The molecule has 164 valence electrons. The van der Waals surface area contributed by atoms with E-state index in [0.717, 1.165) is 43.6 Å². The summed E-state index contributed by atoms with van der Waals surface area (Å²) in [5, 5.41) is 17.1. The molecule has 6 rings (SSSR count). The zero-order valence-electron chi connectivity index (χ0n) is 17.6. The van der Waals surface area contributed by atoms with Gasteiger partial charge in [-0.15, -0.1) is 4.72 Å². The van der Waals surface area contributed by atoms with Crippen molar-refractivity contribution in [2.24, 2.45) is 5.41 Å². The monoisotopic (exact) mass is 512 g/mol. The van der Waals surface area contributed by atoms with Crippen LogP contribution in [0.5, 0.6) is 0 Å². The zero-order valence-corrected chi connectivity index (χ0v) is 20.0. The van der Waals surface area contributed by atoms with Crippen LogP contribution in [0.2, 0.25) is 0 Å². The van der Waals surface area contributed by atoms with Crippen LogP contribution in [0.15, 0.2) is 16.9 Å². The number of fused-ring (bicyclic) bond motifs is 2. The summed E-state index contributed by atoms with van der Waals surface area (Å²) in [6.45, 7) is 5.57. The number of nitrogens with zero attached hydrogens (tertiary/aromatic N) is 6. The predicted octanol–water partition coefficient (Wildman–Crippen LogP) is 2.77. The Labute approximate surface area is 196 Å². The molecule has 3 aliphatic rings.